The minimum atomic E-state index is -0.992. The molecule has 0 unspecified atom stereocenters. The van der Waals surface area contributed by atoms with E-state index in [4.69, 9.17) is 4.84 Å². The molecule has 0 bridgehead atoms. The number of aliphatic hydroxyl groups is 1. The second kappa shape index (κ2) is 4.75. The Hall–Kier alpha value is -1.92. The molecule has 0 aromatic carbocycles. The summed E-state index contributed by atoms with van der Waals surface area (Å²) in [4.78, 5) is 16.8. The maximum absolute atomic E-state index is 11.8. The van der Waals surface area contributed by atoms with Gasteiger partial charge in [-0.3, -0.25) is 9.63 Å². The Morgan fingerprint density at radius 3 is 3.06 bits per heavy atom. The van der Waals surface area contributed by atoms with Gasteiger partial charge in [0, 0.05) is 6.20 Å². The van der Waals surface area contributed by atoms with Gasteiger partial charge in [-0.05, 0) is 26.0 Å². The molecule has 6 heteroatoms. The number of nitrogens with zero attached hydrogens (tertiary/aromatic N) is 2. The topological polar surface area (TPSA) is 75.9 Å². The quantitative estimate of drug-likeness (QED) is 0.785. The van der Waals surface area contributed by atoms with Crippen LogP contribution >= 0.6 is 0 Å². The van der Waals surface area contributed by atoms with E-state index in [0.717, 1.165) is 0 Å². The summed E-state index contributed by atoms with van der Waals surface area (Å²) in [7, 11) is 0. The molecule has 2 N–H and O–H groups in total. The van der Waals surface area contributed by atoms with Gasteiger partial charge in [0.2, 0.25) is 0 Å². The predicted octanol–water partition coefficient (Wildman–Crippen LogP) is 0.767. The SMILES string of the molecule is CC(C)(O)CONC(=O)c1cnn2ccccc12. The third-order valence-corrected chi connectivity index (χ3v) is 2.26. The predicted molar refractivity (Wildman–Crippen MR) is 64.9 cm³/mol. The Labute approximate surface area is 104 Å². The van der Waals surface area contributed by atoms with Gasteiger partial charge in [-0.2, -0.15) is 5.10 Å². The molecule has 96 valence electrons. The Bertz CT molecular complexity index is 557. The molecule has 6 nitrogen and oxygen atoms in total. The first kappa shape index (κ1) is 12.5. The number of carbonyl (C=O) groups excluding carboxylic acids is 1. The van der Waals surface area contributed by atoms with Gasteiger partial charge in [0.15, 0.2) is 0 Å². The molecule has 2 aromatic rings. The van der Waals surface area contributed by atoms with Crippen molar-refractivity contribution in [1.82, 2.24) is 15.1 Å². The van der Waals surface area contributed by atoms with Crippen LogP contribution in [-0.4, -0.2) is 32.8 Å². The summed E-state index contributed by atoms with van der Waals surface area (Å²) in [5.74, 6) is -0.388. The van der Waals surface area contributed by atoms with Gasteiger partial charge >= 0.3 is 0 Å². The number of pyridine rings is 1. The van der Waals surface area contributed by atoms with Gasteiger partial charge in [-0.25, -0.2) is 10.00 Å². The molecule has 1 amide bonds. The Balaban J connectivity index is 2.05. The summed E-state index contributed by atoms with van der Waals surface area (Å²) in [6.07, 6.45) is 3.22. The largest absolute Gasteiger partial charge is 0.388 e. The summed E-state index contributed by atoms with van der Waals surface area (Å²) in [5.41, 5.74) is 2.41. The molecular formula is C12H15N3O3. The molecule has 0 radical (unpaired) electrons. The lowest BCUT2D eigenvalue weighted by molar-refractivity contribution is -0.0522. The van der Waals surface area contributed by atoms with Crippen molar-refractivity contribution in [3.8, 4) is 0 Å². The molecule has 0 atom stereocenters. The number of hydrogen-bond donors (Lipinski definition) is 2. The molecule has 2 rings (SSSR count). The zero-order chi connectivity index (χ0) is 13.2. The van der Waals surface area contributed by atoms with E-state index < -0.39 is 5.60 Å². The lowest BCUT2D eigenvalue weighted by Gasteiger charge is -2.16. The molecule has 2 aromatic heterocycles. The van der Waals surface area contributed by atoms with Crippen LogP contribution in [-0.2, 0) is 4.84 Å². The Morgan fingerprint density at radius 1 is 1.56 bits per heavy atom. The number of fused-ring (bicyclic) bond motifs is 1. The molecule has 0 aliphatic carbocycles. The standard InChI is InChI=1S/C12H15N3O3/c1-12(2,17)8-18-14-11(16)9-7-13-15-6-4-3-5-10(9)15/h3-7,17H,8H2,1-2H3,(H,14,16). The third kappa shape index (κ3) is 2.85. The molecule has 0 saturated carbocycles. The highest BCUT2D eigenvalue weighted by Gasteiger charge is 2.16. The highest BCUT2D eigenvalue weighted by molar-refractivity contribution is 5.99. The maximum atomic E-state index is 11.8. The molecule has 0 saturated heterocycles. The highest BCUT2D eigenvalue weighted by Crippen LogP contribution is 2.09. The fourth-order valence-corrected chi connectivity index (χ4v) is 1.44. The van der Waals surface area contributed by atoms with Crippen molar-refractivity contribution in [2.45, 2.75) is 19.4 Å². The molecule has 18 heavy (non-hydrogen) atoms. The minimum Gasteiger partial charge on any atom is -0.388 e. The summed E-state index contributed by atoms with van der Waals surface area (Å²) in [5, 5.41) is 13.5. The highest BCUT2D eigenvalue weighted by atomic mass is 16.7. The second-order valence-corrected chi connectivity index (χ2v) is 4.62. The fraction of sp³-hybridized carbons (Fsp3) is 0.333. The van der Waals surface area contributed by atoms with E-state index in [1.165, 1.54) is 6.20 Å². The molecule has 0 aliphatic heterocycles. The molecule has 2 heterocycles. The van der Waals surface area contributed by atoms with E-state index in [1.54, 1.807) is 30.6 Å². The number of rotatable bonds is 4. The maximum Gasteiger partial charge on any atom is 0.278 e. The van der Waals surface area contributed by atoms with E-state index in [-0.39, 0.29) is 12.5 Å². The average molecular weight is 249 g/mol. The first-order valence-electron chi connectivity index (χ1n) is 5.54. The van der Waals surface area contributed by atoms with E-state index >= 15 is 0 Å². The average Bonchev–Trinajstić information content (AvgIpc) is 2.70. The van der Waals surface area contributed by atoms with Crippen LogP contribution in [0.1, 0.15) is 24.2 Å². The first-order chi connectivity index (χ1) is 8.47. The van der Waals surface area contributed by atoms with Gasteiger partial charge in [0.25, 0.3) is 5.91 Å². The number of hydroxylamine groups is 1. The van der Waals surface area contributed by atoms with E-state index in [2.05, 4.69) is 10.6 Å². The van der Waals surface area contributed by atoms with Gasteiger partial charge in [-0.15, -0.1) is 0 Å². The van der Waals surface area contributed by atoms with Crippen LogP contribution in [0, 0.1) is 0 Å². The van der Waals surface area contributed by atoms with Crippen molar-refractivity contribution in [1.29, 1.82) is 0 Å². The van der Waals surface area contributed by atoms with E-state index in [0.29, 0.717) is 11.1 Å². The van der Waals surface area contributed by atoms with Crippen LogP contribution in [0.4, 0.5) is 0 Å². The number of aromatic nitrogens is 2. The van der Waals surface area contributed by atoms with Crippen LogP contribution in [0.3, 0.4) is 0 Å². The summed E-state index contributed by atoms with van der Waals surface area (Å²) in [6.45, 7) is 3.20. The van der Waals surface area contributed by atoms with Crippen molar-refractivity contribution >= 4 is 11.4 Å². The van der Waals surface area contributed by atoms with E-state index in [9.17, 15) is 9.90 Å². The van der Waals surface area contributed by atoms with Gasteiger partial charge in [-0.1, -0.05) is 6.07 Å². The summed E-state index contributed by atoms with van der Waals surface area (Å²) in [6, 6.07) is 5.44. The molecular weight excluding hydrogens is 234 g/mol. The lowest BCUT2D eigenvalue weighted by Crippen LogP contribution is -2.33. The number of carbonyl (C=O) groups is 1. The van der Waals surface area contributed by atoms with E-state index in [1.807, 2.05) is 12.1 Å². The van der Waals surface area contributed by atoms with Crippen molar-refractivity contribution in [3.63, 3.8) is 0 Å². The number of nitrogens with one attached hydrogen (secondary N) is 1. The van der Waals surface area contributed by atoms with Crippen LogP contribution in [0.15, 0.2) is 30.6 Å². The van der Waals surface area contributed by atoms with Gasteiger partial charge in [0.05, 0.1) is 22.9 Å². The Morgan fingerprint density at radius 2 is 2.33 bits per heavy atom. The van der Waals surface area contributed by atoms with Crippen LogP contribution in [0.2, 0.25) is 0 Å². The van der Waals surface area contributed by atoms with Crippen molar-refractivity contribution in [2.75, 3.05) is 6.61 Å². The van der Waals surface area contributed by atoms with Crippen LogP contribution < -0.4 is 5.48 Å². The van der Waals surface area contributed by atoms with Gasteiger partial charge in [0.1, 0.15) is 6.61 Å². The zero-order valence-electron chi connectivity index (χ0n) is 10.3. The van der Waals surface area contributed by atoms with Gasteiger partial charge < -0.3 is 5.11 Å². The first-order valence-corrected chi connectivity index (χ1v) is 5.54. The Kier molecular flexibility index (Phi) is 3.31. The molecule has 0 spiro atoms. The number of hydrogen-bond acceptors (Lipinski definition) is 4. The smallest absolute Gasteiger partial charge is 0.278 e. The van der Waals surface area contributed by atoms with Crippen LogP contribution in [0.25, 0.3) is 5.52 Å². The minimum absolute atomic E-state index is 0.0119. The summed E-state index contributed by atoms with van der Waals surface area (Å²) >= 11 is 0. The van der Waals surface area contributed by atoms with Crippen LogP contribution in [0.5, 0.6) is 0 Å². The van der Waals surface area contributed by atoms with Crippen molar-refractivity contribution < 1.29 is 14.7 Å². The van der Waals surface area contributed by atoms with Crippen molar-refractivity contribution in [3.05, 3.63) is 36.2 Å². The second-order valence-electron chi connectivity index (χ2n) is 4.62. The lowest BCUT2D eigenvalue weighted by atomic mass is 10.2. The summed E-state index contributed by atoms with van der Waals surface area (Å²) < 4.78 is 1.60. The molecule has 0 aliphatic rings. The number of amides is 1. The molecule has 0 fully saturated rings. The van der Waals surface area contributed by atoms with Crippen molar-refractivity contribution in [2.24, 2.45) is 0 Å². The zero-order valence-corrected chi connectivity index (χ0v) is 10.3. The third-order valence-electron chi connectivity index (χ3n) is 2.26. The normalized spacial score (nSPS) is 11.7. The fourth-order valence-electron chi connectivity index (χ4n) is 1.44. The monoisotopic (exact) mass is 249 g/mol.